The van der Waals surface area contributed by atoms with E-state index in [1.54, 1.807) is 0 Å². The van der Waals surface area contributed by atoms with Crippen LogP contribution in [0.25, 0.3) is 0 Å². The Morgan fingerprint density at radius 1 is 1.31 bits per heavy atom. The Balaban J connectivity index is 2.52. The third-order valence-corrected chi connectivity index (χ3v) is 2.79. The largest absolute Gasteiger partial charge is 0.481 e. The van der Waals surface area contributed by atoms with Gasteiger partial charge in [0.25, 0.3) is 0 Å². The normalized spacial score (nSPS) is 24.1. The molecule has 0 bridgehead atoms. The maximum atomic E-state index is 11.7. The molecule has 4 nitrogen and oxygen atoms in total. The van der Waals surface area contributed by atoms with Crippen LogP contribution in [0.4, 0.5) is 0 Å². The predicted molar refractivity (Wildman–Crippen MR) is 58.9 cm³/mol. The highest BCUT2D eigenvalue weighted by Crippen LogP contribution is 2.27. The Kier molecular flexibility index (Phi) is 5.02. The fourth-order valence-electron chi connectivity index (χ4n) is 1.77. The number of unbranched alkanes of at least 4 members (excludes halogenated alkanes) is 1. The molecule has 2 unspecified atom stereocenters. The fraction of sp³-hybridized carbons (Fsp3) is 0.667. The van der Waals surface area contributed by atoms with Gasteiger partial charge in [-0.2, -0.15) is 0 Å². The van der Waals surface area contributed by atoms with Crippen LogP contribution in [-0.4, -0.2) is 23.7 Å². The summed E-state index contributed by atoms with van der Waals surface area (Å²) < 4.78 is 5.07. The maximum absolute atomic E-state index is 11.7. The number of allylic oxidation sites excluding steroid dienone is 2. The monoisotopic (exact) mass is 226 g/mol. The van der Waals surface area contributed by atoms with Gasteiger partial charge in [-0.05, 0) is 19.3 Å². The van der Waals surface area contributed by atoms with Crippen LogP contribution in [0.2, 0.25) is 0 Å². The molecule has 0 aliphatic heterocycles. The molecule has 16 heavy (non-hydrogen) atoms. The predicted octanol–water partition coefficient (Wildman–Crippen LogP) is 2.00. The zero-order chi connectivity index (χ0) is 12.0. The van der Waals surface area contributed by atoms with E-state index in [1.165, 1.54) is 0 Å². The number of hydrogen-bond donors (Lipinski definition) is 1. The summed E-state index contributed by atoms with van der Waals surface area (Å²) in [5.41, 5.74) is 0. The molecule has 1 aliphatic rings. The van der Waals surface area contributed by atoms with Crippen molar-refractivity contribution in [1.82, 2.24) is 0 Å². The minimum Gasteiger partial charge on any atom is -0.481 e. The van der Waals surface area contributed by atoms with E-state index in [4.69, 9.17) is 9.84 Å². The first kappa shape index (κ1) is 12.7. The van der Waals surface area contributed by atoms with Crippen molar-refractivity contribution in [2.24, 2.45) is 11.8 Å². The zero-order valence-corrected chi connectivity index (χ0v) is 9.52. The molecule has 0 heterocycles. The molecule has 0 aromatic heterocycles. The summed E-state index contributed by atoms with van der Waals surface area (Å²) in [6.45, 7) is 2.40. The lowest BCUT2D eigenvalue weighted by atomic mass is 9.83. The van der Waals surface area contributed by atoms with E-state index in [0.717, 1.165) is 12.8 Å². The highest BCUT2D eigenvalue weighted by atomic mass is 16.5. The molecule has 0 aromatic rings. The molecule has 1 N–H and O–H groups in total. The van der Waals surface area contributed by atoms with E-state index >= 15 is 0 Å². The van der Waals surface area contributed by atoms with Crippen LogP contribution >= 0.6 is 0 Å². The molecular weight excluding hydrogens is 208 g/mol. The lowest BCUT2D eigenvalue weighted by molar-refractivity contribution is -0.158. The second kappa shape index (κ2) is 6.30. The van der Waals surface area contributed by atoms with E-state index in [9.17, 15) is 9.59 Å². The average molecular weight is 226 g/mol. The number of aliphatic carboxylic acids is 1. The maximum Gasteiger partial charge on any atom is 0.310 e. The van der Waals surface area contributed by atoms with Gasteiger partial charge in [-0.1, -0.05) is 25.5 Å². The van der Waals surface area contributed by atoms with E-state index in [0.29, 0.717) is 19.4 Å². The number of carbonyl (C=O) groups excluding carboxylic acids is 1. The Hall–Kier alpha value is -1.32. The summed E-state index contributed by atoms with van der Waals surface area (Å²) in [6, 6.07) is 0. The summed E-state index contributed by atoms with van der Waals surface area (Å²) in [5.74, 6) is -2.43. The molecule has 1 aliphatic carbocycles. The van der Waals surface area contributed by atoms with Gasteiger partial charge in [0, 0.05) is 0 Å². The van der Waals surface area contributed by atoms with E-state index in [2.05, 4.69) is 0 Å². The summed E-state index contributed by atoms with van der Waals surface area (Å²) in [7, 11) is 0. The highest BCUT2D eigenvalue weighted by Gasteiger charge is 2.34. The van der Waals surface area contributed by atoms with Gasteiger partial charge < -0.3 is 9.84 Å². The molecular formula is C12H18O4. The first-order valence-electron chi connectivity index (χ1n) is 5.71. The van der Waals surface area contributed by atoms with Crippen molar-refractivity contribution in [3.05, 3.63) is 12.2 Å². The van der Waals surface area contributed by atoms with Crippen LogP contribution in [-0.2, 0) is 14.3 Å². The second-order valence-electron chi connectivity index (χ2n) is 4.02. The summed E-state index contributed by atoms with van der Waals surface area (Å²) >= 11 is 0. The van der Waals surface area contributed by atoms with Gasteiger partial charge in [0.2, 0.25) is 0 Å². The highest BCUT2D eigenvalue weighted by molar-refractivity contribution is 5.81. The fourth-order valence-corrected chi connectivity index (χ4v) is 1.77. The van der Waals surface area contributed by atoms with Crippen LogP contribution < -0.4 is 0 Å². The molecule has 0 spiro atoms. The molecule has 90 valence electrons. The topological polar surface area (TPSA) is 63.6 Å². The molecule has 0 saturated heterocycles. The number of ether oxygens (including phenoxy) is 1. The molecule has 0 saturated carbocycles. The van der Waals surface area contributed by atoms with E-state index in [-0.39, 0.29) is 5.97 Å². The Morgan fingerprint density at radius 3 is 2.50 bits per heavy atom. The first-order valence-corrected chi connectivity index (χ1v) is 5.71. The van der Waals surface area contributed by atoms with Crippen molar-refractivity contribution in [1.29, 1.82) is 0 Å². The third kappa shape index (κ3) is 3.36. The van der Waals surface area contributed by atoms with Crippen LogP contribution in [0.5, 0.6) is 0 Å². The Morgan fingerprint density at radius 2 is 1.94 bits per heavy atom. The van der Waals surface area contributed by atoms with Gasteiger partial charge in [-0.3, -0.25) is 9.59 Å². The van der Waals surface area contributed by atoms with Gasteiger partial charge in [-0.15, -0.1) is 0 Å². The summed E-state index contributed by atoms with van der Waals surface area (Å²) in [4.78, 5) is 22.6. The van der Waals surface area contributed by atoms with Crippen LogP contribution in [0.15, 0.2) is 12.2 Å². The quantitative estimate of drug-likeness (QED) is 0.442. The van der Waals surface area contributed by atoms with Gasteiger partial charge >= 0.3 is 11.9 Å². The zero-order valence-electron chi connectivity index (χ0n) is 9.52. The van der Waals surface area contributed by atoms with Gasteiger partial charge in [-0.25, -0.2) is 0 Å². The molecule has 0 fully saturated rings. The molecule has 4 heteroatoms. The van der Waals surface area contributed by atoms with Crippen molar-refractivity contribution < 1.29 is 19.4 Å². The SMILES string of the molecule is CCCCOC(=O)C1CC=CCC1C(=O)O. The van der Waals surface area contributed by atoms with E-state index in [1.807, 2.05) is 19.1 Å². The second-order valence-corrected chi connectivity index (χ2v) is 4.02. The molecule has 1 rings (SSSR count). The van der Waals surface area contributed by atoms with Crippen molar-refractivity contribution in [3.63, 3.8) is 0 Å². The molecule has 2 atom stereocenters. The smallest absolute Gasteiger partial charge is 0.310 e. The minimum absolute atomic E-state index is 0.370. The van der Waals surface area contributed by atoms with Crippen molar-refractivity contribution in [2.75, 3.05) is 6.61 Å². The first-order chi connectivity index (χ1) is 7.66. The van der Waals surface area contributed by atoms with Crippen LogP contribution in [0, 0.1) is 11.8 Å². The van der Waals surface area contributed by atoms with Gasteiger partial charge in [0.05, 0.1) is 18.4 Å². The van der Waals surface area contributed by atoms with Crippen molar-refractivity contribution in [3.8, 4) is 0 Å². The average Bonchev–Trinajstić information content (AvgIpc) is 2.29. The number of carbonyl (C=O) groups is 2. The van der Waals surface area contributed by atoms with Crippen molar-refractivity contribution in [2.45, 2.75) is 32.6 Å². The van der Waals surface area contributed by atoms with E-state index < -0.39 is 17.8 Å². The van der Waals surface area contributed by atoms with Crippen molar-refractivity contribution >= 4 is 11.9 Å². The minimum atomic E-state index is -0.915. The molecule has 0 aromatic carbocycles. The number of rotatable bonds is 5. The van der Waals surface area contributed by atoms with Gasteiger partial charge in [0.15, 0.2) is 0 Å². The number of carboxylic acids is 1. The van der Waals surface area contributed by atoms with Gasteiger partial charge in [0.1, 0.15) is 0 Å². The standard InChI is InChI=1S/C12H18O4/c1-2-3-8-16-12(15)10-7-5-4-6-9(10)11(13)14/h4-5,9-10H,2-3,6-8H2,1H3,(H,13,14). The third-order valence-electron chi connectivity index (χ3n) is 2.79. The number of esters is 1. The Bertz CT molecular complexity index is 283. The Labute approximate surface area is 95.3 Å². The van der Waals surface area contributed by atoms with Crippen LogP contribution in [0.1, 0.15) is 32.6 Å². The summed E-state index contributed by atoms with van der Waals surface area (Å²) in [6.07, 6.45) is 6.34. The number of carboxylic acid groups (broad SMARTS) is 1. The lowest BCUT2D eigenvalue weighted by Crippen LogP contribution is -2.32. The summed E-state index contributed by atoms with van der Waals surface area (Å²) in [5, 5.41) is 8.99. The number of hydrogen-bond acceptors (Lipinski definition) is 3. The lowest BCUT2D eigenvalue weighted by Gasteiger charge is -2.23. The van der Waals surface area contributed by atoms with Crippen LogP contribution in [0.3, 0.4) is 0 Å². The molecule has 0 amide bonds. The molecule has 0 radical (unpaired) electrons.